The van der Waals surface area contributed by atoms with Gasteiger partial charge in [0.05, 0.1) is 11.3 Å². The molecule has 1 aliphatic rings. The predicted molar refractivity (Wildman–Crippen MR) is 80.3 cm³/mol. The molecule has 8 heteroatoms. The van der Waals surface area contributed by atoms with Crippen molar-refractivity contribution >= 4 is 34.2 Å². The Morgan fingerprint density at radius 3 is 2.59 bits per heavy atom. The highest BCUT2D eigenvalue weighted by Crippen LogP contribution is 2.39. The highest BCUT2D eigenvalue weighted by atomic mass is 127. The Morgan fingerprint density at radius 1 is 1.09 bits per heavy atom. The molecule has 0 radical (unpaired) electrons. The minimum Gasteiger partial charge on any atom is -0.454 e. The van der Waals surface area contributed by atoms with Crippen molar-refractivity contribution in [2.75, 3.05) is 5.32 Å². The third-order valence-electron chi connectivity index (χ3n) is 2.84. The smallest absolute Gasteiger partial charge is 0.454 e. The van der Waals surface area contributed by atoms with E-state index in [-0.39, 0.29) is 11.4 Å². The van der Waals surface area contributed by atoms with Gasteiger partial charge in [0.25, 0.3) is 5.91 Å². The number of hydrogen-bond donors (Lipinski definition) is 1. The van der Waals surface area contributed by atoms with Crippen molar-refractivity contribution in [2.45, 2.75) is 6.36 Å². The van der Waals surface area contributed by atoms with Gasteiger partial charge >= 0.3 is 6.36 Å². The largest absolute Gasteiger partial charge is 0.573 e. The lowest BCUT2D eigenvalue weighted by molar-refractivity contribution is -0.274. The molecule has 1 N–H and O–H groups in total. The zero-order valence-corrected chi connectivity index (χ0v) is 12.9. The molecule has 0 saturated heterocycles. The monoisotopic (exact) mass is 421 g/mol. The third-order valence-corrected chi connectivity index (χ3v) is 3.51. The summed E-state index contributed by atoms with van der Waals surface area (Å²) < 4.78 is 47.1. The Labute approximate surface area is 136 Å². The van der Waals surface area contributed by atoms with Gasteiger partial charge in [-0.2, -0.15) is 0 Å². The molecule has 2 aromatic rings. The second-order valence-corrected chi connectivity index (χ2v) is 5.65. The van der Waals surface area contributed by atoms with Gasteiger partial charge in [0.1, 0.15) is 11.5 Å². The minimum atomic E-state index is -4.80. The molecular weight excluding hydrogens is 414 g/mol. The molecule has 0 spiro atoms. The molecule has 0 aliphatic carbocycles. The molecule has 22 heavy (non-hydrogen) atoms. The van der Waals surface area contributed by atoms with Gasteiger partial charge in [0.2, 0.25) is 0 Å². The molecule has 0 saturated carbocycles. The van der Waals surface area contributed by atoms with Gasteiger partial charge in [0, 0.05) is 9.64 Å². The number of ether oxygens (including phenoxy) is 2. The molecule has 3 rings (SSSR count). The minimum absolute atomic E-state index is 0.109. The first-order valence-electron chi connectivity index (χ1n) is 6.00. The maximum absolute atomic E-state index is 12.2. The van der Waals surface area contributed by atoms with Crippen LogP contribution in [0.5, 0.6) is 17.2 Å². The van der Waals surface area contributed by atoms with Crippen LogP contribution in [-0.2, 0) is 0 Å². The Kier molecular flexibility index (Phi) is 3.63. The fourth-order valence-electron chi connectivity index (χ4n) is 1.97. The van der Waals surface area contributed by atoms with Crippen molar-refractivity contribution in [3.8, 4) is 17.2 Å². The molecule has 4 nitrogen and oxygen atoms in total. The molecule has 114 valence electrons. The number of alkyl halides is 3. The van der Waals surface area contributed by atoms with Crippen LogP contribution in [0, 0.1) is 3.57 Å². The number of fused-ring (bicyclic) bond motifs is 2. The zero-order chi connectivity index (χ0) is 15.9. The summed E-state index contributed by atoms with van der Waals surface area (Å²) in [6, 6.07) is 8.49. The van der Waals surface area contributed by atoms with Crippen molar-refractivity contribution in [3.63, 3.8) is 0 Å². The van der Waals surface area contributed by atoms with Crippen LogP contribution in [0.4, 0.5) is 18.9 Å². The number of nitrogens with one attached hydrogen (secondary N) is 1. The topological polar surface area (TPSA) is 47.6 Å². The van der Waals surface area contributed by atoms with Crippen molar-refractivity contribution in [3.05, 3.63) is 45.5 Å². The number of hydrogen-bond acceptors (Lipinski definition) is 3. The van der Waals surface area contributed by atoms with Gasteiger partial charge in [-0.15, -0.1) is 13.2 Å². The van der Waals surface area contributed by atoms with Crippen LogP contribution in [0.3, 0.4) is 0 Å². The molecule has 0 aromatic heterocycles. The van der Waals surface area contributed by atoms with E-state index in [0.717, 1.165) is 15.7 Å². The lowest BCUT2D eigenvalue weighted by Crippen LogP contribution is -2.17. The highest BCUT2D eigenvalue weighted by Gasteiger charge is 2.31. The van der Waals surface area contributed by atoms with Crippen LogP contribution in [0.15, 0.2) is 36.4 Å². The Bertz CT molecular complexity index is 761. The summed E-state index contributed by atoms with van der Waals surface area (Å²) >= 11 is 2.07. The zero-order valence-electron chi connectivity index (χ0n) is 10.7. The summed E-state index contributed by atoms with van der Waals surface area (Å²) in [4.78, 5) is 12.1. The highest BCUT2D eigenvalue weighted by molar-refractivity contribution is 14.1. The Morgan fingerprint density at radius 2 is 1.86 bits per heavy atom. The van der Waals surface area contributed by atoms with E-state index in [9.17, 15) is 18.0 Å². The first kappa shape index (κ1) is 14.9. The molecule has 0 atom stereocenters. The average Bonchev–Trinajstić information content (AvgIpc) is 2.52. The van der Waals surface area contributed by atoms with Crippen molar-refractivity contribution in [1.82, 2.24) is 0 Å². The second kappa shape index (κ2) is 5.34. The number of benzene rings is 2. The van der Waals surface area contributed by atoms with Crippen LogP contribution in [0.25, 0.3) is 0 Å². The standard InChI is InChI=1S/C14H7F3INO3/c15-14(16,17)22-8-2-4-11-10(6-8)19-13(20)9-3-1-7(18)5-12(9)21-11/h1-6H,(H,19,20). The molecule has 1 aliphatic heterocycles. The first-order valence-corrected chi connectivity index (χ1v) is 7.08. The number of amides is 1. The maximum Gasteiger partial charge on any atom is 0.573 e. The first-order chi connectivity index (χ1) is 10.3. The lowest BCUT2D eigenvalue weighted by Gasteiger charge is -2.12. The van der Waals surface area contributed by atoms with Crippen LogP contribution in [0.1, 0.15) is 10.4 Å². The number of carbonyl (C=O) groups is 1. The fourth-order valence-corrected chi connectivity index (χ4v) is 2.43. The van der Waals surface area contributed by atoms with Gasteiger partial charge in [-0.3, -0.25) is 4.79 Å². The predicted octanol–water partition coefficient (Wildman–Crippen LogP) is 4.55. The lowest BCUT2D eigenvalue weighted by atomic mass is 10.2. The normalized spacial score (nSPS) is 13.4. The summed E-state index contributed by atoms with van der Waals surface area (Å²) in [5, 5.41) is 2.51. The molecule has 0 unspecified atom stereocenters. The Balaban J connectivity index is 2.00. The molecule has 0 bridgehead atoms. The van der Waals surface area contributed by atoms with E-state index in [1.807, 2.05) is 0 Å². The SMILES string of the molecule is O=C1Nc2cc(OC(F)(F)F)ccc2Oc2cc(I)ccc21. The fraction of sp³-hybridized carbons (Fsp3) is 0.0714. The molecule has 1 amide bonds. The van der Waals surface area contributed by atoms with Gasteiger partial charge in [0.15, 0.2) is 5.75 Å². The molecule has 0 fully saturated rings. The van der Waals surface area contributed by atoms with E-state index >= 15 is 0 Å². The molecular formula is C14H7F3INO3. The summed E-state index contributed by atoms with van der Waals surface area (Å²) in [5.41, 5.74) is 0.410. The third kappa shape index (κ3) is 3.11. The number of carbonyl (C=O) groups excluding carboxylic acids is 1. The van der Waals surface area contributed by atoms with Crippen LogP contribution >= 0.6 is 22.6 Å². The van der Waals surface area contributed by atoms with Crippen LogP contribution in [0.2, 0.25) is 0 Å². The van der Waals surface area contributed by atoms with E-state index in [1.54, 1.807) is 18.2 Å². The van der Waals surface area contributed by atoms with Gasteiger partial charge in [-0.1, -0.05) is 0 Å². The van der Waals surface area contributed by atoms with Gasteiger partial charge < -0.3 is 14.8 Å². The Hall–Kier alpha value is -1.97. The second-order valence-electron chi connectivity index (χ2n) is 4.40. The van der Waals surface area contributed by atoms with Crippen molar-refractivity contribution in [2.24, 2.45) is 0 Å². The quantitative estimate of drug-likeness (QED) is 0.688. The van der Waals surface area contributed by atoms with Gasteiger partial charge in [-0.05, 0) is 52.9 Å². The van der Waals surface area contributed by atoms with E-state index in [4.69, 9.17) is 4.74 Å². The summed E-state index contributed by atoms with van der Waals surface area (Å²) in [6.07, 6.45) is -4.80. The average molecular weight is 421 g/mol. The van der Waals surface area contributed by atoms with E-state index in [1.165, 1.54) is 6.07 Å². The van der Waals surface area contributed by atoms with Crippen LogP contribution < -0.4 is 14.8 Å². The number of anilines is 1. The van der Waals surface area contributed by atoms with E-state index in [2.05, 4.69) is 32.6 Å². The maximum atomic E-state index is 12.2. The van der Waals surface area contributed by atoms with Crippen molar-refractivity contribution in [1.29, 1.82) is 0 Å². The summed E-state index contributed by atoms with van der Waals surface area (Å²) in [5.74, 6) is -0.318. The van der Waals surface area contributed by atoms with E-state index in [0.29, 0.717) is 11.3 Å². The number of rotatable bonds is 1. The van der Waals surface area contributed by atoms with Crippen molar-refractivity contribution < 1.29 is 27.4 Å². The molecule has 2 aromatic carbocycles. The molecule has 1 heterocycles. The van der Waals surface area contributed by atoms with Gasteiger partial charge in [-0.25, -0.2) is 0 Å². The van der Waals surface area contributed by atoms with Crippen LogP contribution in [-0.4, -0.2) is 12.3 Å². The van der Waals surface area contributed by atoms with E-state index < -0.39 is 18.0 Å². The number of halogens is 4. The summed E-state index contributed by atoms with van der Waals surface area (Å²) in [6.45, 7) is 0. The summed E-state index contributed by atoms with van der Waals surface area (Å²) in [7, 11) is 0.